The summed E-state index contributed by atoms with van der Waals surface area (Å²) in [5, 5.41) is 8.22. The zero-order valence-corrected chi connectivity index (χ0v) is 15.8. The summed E-state index contributed by atoms with van der Waals surface area (Å²) < 4.78 is 1.80. The molecule has 0 amide bonds. The summed E-state index contributed by atoms with van der Waals surface area (Å²) in [6.45, 7) is 1.91. The number of hydrogen-bond donors (Lipinski definition) is 3. The van der Waals surface area contributed by atoms with Crippen LogP contribution < -0.4 is 16.2 Å². The minimum absolute atomic E-state index is 0.191. The van der Waals surface area contributed by atoms with Gasteiger partial charge in [-0.2, -0.15) is 0 Å². The van der Waals surface area contributed by atoms with Crippen molar-refractivity contribution in [1.29, 1.82) is 0 Å². The van der Waals surface area contributed by atoms with Crippen LogP contribution in [0.5, 0.6) is 0 Å². The average molecular weight is 395 g/mol. The molecule has 28 heavy (non-hydrogen) atoms. The number of fused-ring (bicyclic) bond motifs is 2. The molecule has 0 spiro atoms. The Kier molecular flexibility index (Phi) is 4.26. The molecule has 1 aliphatic rings. The van der Waals surface area contributed by atoms with Gasteiger partial charge < -0.3 is 15.6 Å². The first kappa shape index (κ1) is 17.2. The lowest BCUT2D eigenvalue weighted by molar-refractivity contribution is 0.479. The van der Waals surface area contributed by atoms with E-state index in [1.807, 2.05) is 30.5 Å². The van der Waals surface area contributed by atoms with Crippen LogP contribution in [0.3, 0.4) is 0 Å². The van der Waals surface area contributed by atoms with Gasteiger partial charge in [-0.05, 0) is 25.5 Å². The van der Waals surface area contributed by atoms with Crippen molar-refractivity contribution in [1.82, 2.24) is 24.7 Å². The minimum atomic E-state index is -0.191. The number of imidazole rings is 1. The number of benzene rings is 1. The van der Waals surface area contributed by atoms with E-state index < -0.39 is 0 Å². The second-order valence-electron chi connectivity index (χ2n) is 7.00. The average Bonchev–Trinajstić information content (AvgIpc) is 3.21. The summed E-state index contributed by atoms with van der Waals surface area (Å²) in [6, 6.07) is 9.46. The van der Waals surface area contributed by atoms with E-state index in [1.54, 1.807) is 16.7 Å². The molecule has 0 radical (unpaired) electrons. The number of hydrogen-bond acceptors (Lipinski definition) is 5. The number of rotatable bonds is 3. The Morgan fingerprint density at radius 1 is 1.29 bits per heavy atom. The van der Waals surface area contributed by atoms with Gasteiger partial charge in [0.1, 0.15) is 10.8 Å². The smallest absolute Gasteiger partial charge is 0.249 e. The Balaban J connectivity index is 1.72. The highest BCUT2D eigenvalue weighted by Crippen LogP contribution is 2.33. The molecule has 142 valence electrons. The molecule has 0 bridgehead atoms. The van der Waals surface area contributed by atoms with Crippen LogP contribution in [0.25, 0.3) is 27.8 Å². The van der Waals surface area contributed by atoms with E-state index in [9.17, 15) is 4.79 Å². The standard InChI is InChI=1S/C20H19ClN6O/c21-18-17(14-10-16(28)25-15-6-2-1-5-13(14)15)26-19(20-23-8-9-27(18)20)24-12-4-3-7-22-11-12/h1-2,5-6,8-10,12,22H,3-4,7,11H2,(H,24,26)(H,25,28)/t12-/m0/s1. The van der Waals surface area contributed by atoms with Crippen LogP contribution in [0.15, 0.2) is 47.5 Å². The number of pyridine rings is 1. The molecule has 8 heteroatoms. The van der Waals surface area contributed by atoms with Gasteiger partial charge in [0, 0.05) is 47.5 Å². The van der Waals surface area contributed by atoms with Gasteiger partial charge in [0.05, 0.1) is 0 Å². The highest BCUT2D eigenvalue weighted by Gasteiger charge is 2.20. The lowest BCUT2D eigenvalue weighted by atomic mass is 10.1. The molecular formula is C20H19ClN6O. The molecule has 1 atom stereocenters. The van der Waals surface area contributed by atoms with Crippen LogP contribution in [0.1, 0.15) is 12.8 Å². The third-order valence-corrected chi connectivity index (χ3v) is 5.49. The van der Waals surface area contributed by atoms with Crippen LogP contribution in [-0.4, -0.2) is 38.5 Å². The first-order valence-corrected chi connectivity index (χ1v) is 9.71. The molecule has 0 saturated carbocycles. The van der Waals surface area contributed by atoms with Crippen LogP contribution in [0.2, 0.25) is 5.15 Å². The number of nitrogens with one attached hydrogen (secondary N) is 3. The van der Waals surface area contributed by atoms with Crippen molar-refractivity contribution in [2.75, 3.05) is 18.4 Å². The second-order valence-corrected chi connectivity index (χ2v) is 7.36. The van der Waals surface area contributed by atoms with Gasteiger partial charge in [0.2, 0.25) is 5.56 Å². The van der Waals surface area contributed by atoms with E-state index in [-0.39, 0.29) is 11.6 Å². The van der Waals surface area contributed by atoms with Crippen molar-refractivity contribution in [3.05, 3.63) is 58.2 Å². The van der Waals surface area contributed by atoms with Gasteiger partial charge in [0.15, 0.2) is 11.5 Å². The van der Waals surface area contributed by atoms with Crippen molar-refractivity contribution >= 4 is 34.0 Å². The predicted octanol–water partition coefficient (Wildman–Crippen LogP) is 3.06. The molecule has 5 rings (SSSR count). The summed E-state index contributed by atoms with van der Waals surface area (Å²) in [5.74, 6) is 0.669. The molecule has 1 aliphatic heterocycles. The summed E-state index contributed by atoms with van der Waals surface area (Å²) in [5.41, 5.74) is 2.49. The van der Waals surface area contributed by atoms with E-state index in [1.165, 1.54) is 0 Å². The van der Waals surface area contributed by atoms with Crippen molar-refractivity contribution < 1.29 is 0 Å². The molecule has 1 aromatic carbocycles. The molecule has 7 nitrogen and oxygen atoms in total. The second kappa shape index (κ2) is 6.92. The normalized spacial score (nSPS) is 17.2. The third-order valence-electron chi connectivity index (χ3n) is 5.13. The van der Waals surface area contributed by atoms with Gasteiger partial charge in [-0.1, -0.05) is 29.8 Å². The van der Waals surface area contributed by atoms with E-state index in [0.717, 1.165) is 36.8 Å². The maximum absolute atomic E-state index is 12.2. The summed E-state index contributed by atoms with van der Waals surface area (Å²) in [6.07, 6.45) is 5.68. The largest absolute Gasteiger partial charge is 0.363 e. The lowest BCUT2D eigenvalue weighted by Crippen LogP contribution is -2.38. The fourth-order valence-electron chi connectivity index (χ4n) is 3.80. The summed E-state index contributed by atoms with van der Waals surface area (Å²) in [7, 11) is 0. The maximum Gasteiger partial charge on any atom is 0.249 e. The number of para-hydroxylation sites is 1. The first-order chi connectivity index (χ1) is 13.7. The predicted molar refractivity (Wildman–Crippen MR) is 111 cm³/mol. The number of nitrogens with zero attached hydrogens (tertiary/aromatic N) is 3. The van der Waals surface area contributed by atoms with Gasteiger partial charge in [-0.3, -0.25) is 9.20 Å². The third kappa shape index (κ3) is 2.93. The highest BCUT2D eigenvalue weighted by molar-refractivity contribution is 6.32. The fourth-order valence-corrected chi connectivity index (χ4v) is 4.08. The lowest BCUT2D eigenvalue weighted by Gasteiger charge is -2.25. The first-order valence-electron chi connectivity index (χ1n) is 9.33. The topological polar surface area (TPSA) is 87.1 Å². The van der Waals surface area contributed by atoms with Crippen LogP contribution >= 0.6 is 11.6 Å². The maximum atomic E-state index is 12.2. The minimum Gasteiger partial charge on any atom is -0.363 e. The molecule has 3 N–H and O–H groups in total. The Morgan fingerprint density at radius 3 is 3.04 bits per heavy atom. The fraction of sp³-hybridized carbons (Fsp3) is 0.250. The number of H-pyrrole nitrogens is 1. The molecule has 3 aromatic heterocycles. The SMILES string of the molecule is O=c1cc(-c2nc(N[C@H]3CCCNC3)c3nccn3c2Cl)c2ccccc2[nH]1. The van der Waals surface area contributed by atoms with Crippen molar-refractivity contribution in [3.63, 3.8) is 0 Å². The highest BCUT2D eigenvalue weighted by atomic mass is 35.5. The molecule has 4 heterocycles. The Labute approximate surface area is 165 Å². The van der Waals surface area contributed by atoms with E-state index in [2.05, 4.69) is 20.6 Å². The van der Waals surface area contributed by atoms with E-state index in [4.69, 9.17) is 16.6 Å². The van der Waals surface area contributed by atoms with Crippen LogP contribution in [0.4, 0.5) is 5.82 Å². The quantitative estimate of drug-likeness (QED) is 0.497. The van der Waals surface area contributed by atoms with E-state index in [0.29, 0.717) is 27.9 Å². The summed E-state index contributed by atoms with van der Waals surface area (Å²) >= 11 is 6.69. The summed E-state index contributed by atoms with van der Waals surface area (Å²) in [4.78, 5) is 24.3. The Hall–Kier alpha value is -2.90. The number of aromatic nitrogens is 4. The molecule has 1 saturated heterocycles. The van der Waals surface area contributed by atoms with Crippen LogP contribution in [0, 0.1) is 0 Å². The van der Waals surface area contributed by atoms with Crippen molar-refractivity contribution in [2.24, 2.45) is 0 Å². The van der Waals surface area contributed by atoms with E-state index >= 15 is 0 Å². The number of piperidine rings is 1. The number of halogens is 1. The molecule has 4 aromatic rings. The molecular weight excluding hydrogens is 376 g/mol. The van der Waals surface area contributed by atoms with Crippen molar-refractivity contribution in [2.45, 2.75) is 18.9 Å². The van der Waals surface area contributed by atoms with Crippen LogP contribution in [-0.2, 0) is 0 Å². The molecule has 0 aliphatic carbocycles. The van der Waals surface area contributed by atoms with Crippen molar-refractivity contribution in [3.8, 4) is 11.3 Å². The number of aromatic amines is 1. The number of anilines is 1. The monoisotopic (exact) mass is 394 g/mol. The molecule has 1 fully saturated rings. The van der Waals surface area contributed by atoms with Gasteiger partial charge in [-0.25, -0.2) is 9.97 Å². The Bertz CT molecular complexity index is 1220. The molecule has 0 unspecified atom stereocenters. The van der Waals surface area contributed by atoms with Gasteiger partial charge in [0.25, 0.3) is 0 Å². The zero-order chi connectivity index (χ0) is 19.1. The zero-order valence-electron chi connectivity index (χ0n) is 15.1. The van der Waals surface area contributed by atoms with Gasteiger partial charge in [-0.15, -0.1) is 0 Å². The Morgan fingerprint density at radius 2 is 2.18 bits per heavy atom. The van der Waals surface area contributed by atoms with Gasteiger partial charge >= 0.3 is 0 Å².